The number of fused-ring (bicyclic) bond motifs is 5. The average Bonchev–Trinajstić information content (AvgIpc) is 4.16. The maximum Gasteiger partial charge on any atom is 0.407 e. The van der Waals surface area contributed by atoms with Crippen molar-refractivity contribution < 1.29 is 28.7 Å². The molecule has 2 bridgehead atoms. The lowest BCUT2D eigenvalue weighted by atomic mass is 9.83. The largest absolute Gasteiger partial charge is 0.453 e. The molecular formula is C50H58N8O6. The number of aromatic nitrogens is 4. The number of amides is 4. The first-order valence-electron chi connectivity index (χ1n) is 21.8. The molecule has 14 nitrogen and oxygen atoms in total. The number of rotatable bonds is 12. The number of benzene rings is 4. The molecule has 1 aliphatic carbocycles. The van der Waals surface area contributed by atoms with Crippen molar-refractivity contribution in [3.8, 4) is 35.2 Å². The highest BCUT2D eigenvalue weighted by Gasteiger charge is 2.59. The van der Waals surface area contributed by atoms with E-state index in [4.69, 9.17) is 9.72 Å². The quantitative estimate of drug-likeness (QED) is 0.0883. The predicted octanol–water partition coefficient (Wildman–Crippen LogP) is 8.86. The third kappa shape index (κ3) is 9.58. The van der Waals surface area contributed by atoms with Crippen molar-refractivity contribution in [2.45, 2.75) is 84.0 Å². The zero-order chi connectivity index (χ0) is 46.0. The summed E-state index contributed by atoms with van der Waals surface area (Å²) in [5, 5.41) is 7.29. The number of imidazole rings is 2. The Hall–Kier alpha value is -7.14. The number of terminal acetylenes is 1. The van der Waals surface area contributed by atoms with E-state index in [1.807, 2.05) is 54.3 Å². The van der Waals surface area contributed by atoms with Crippen molar-refractivity contribution in [2.75, 3.05) is 27.3 Å². The van der Waals surface area contributed by atoms with Crippen LogP contribution in [0.2, 0.25) is 0 Å². The molecule has 4 amide bonds. The van der Waals surface area contributed by atoms with Crippen LogP contribution < -0.4 is 10.6 Å². The molecular weight excluding hydrogens is 809 g/mol. The van der Waals surface area contributed by atoms with Crippen molar-refractivity contribution in [1.29, 1.82) is 0 Å². The SMILES string of the molecule is C#C.CCC.CCCN(Cc1ncc(-c2ccc(-c3ccc4c(ccc5[nH]c([C@]6(C)[C@H]7CC[C@H](C7)N6C(=O)[C@H](NC(=O)OC)c6ccccc6)nc54)c3)cc2)[nH]1)C(=O)CNC(=O)OC. The molecule has 6 aromatic rings. The van der Waals surface area contributed by atoms with Gasteiger partial charge >= 0.3 is 12.2 Å². The van der Waals surface area contributed by atoms with E-state index < -0.39 is 23.8 Å². The zero-order valence-corrected chi connectivity index (χ0v) is 37.4. The third-order valence-electron chi connectivity index (χ3n) is 12.0. The smallest absolute Gasteiger partial charge is 0.407 e. The highest BCUT2D eigenvalue weighted by Crippen LogP contribution is 2.54. The van der Waals surface area contributed by atoms with Crippen molar-refractivity contribution in [3.63, 3.8) is 0 Å². The number of hydrogen-bond acceptors (Lipinski definition) is 8. The van der Waals surface area contributed by atoms with Crippen LogP contribution in [0, 0.1) is 18.8 Å². The Bertz CT molecular complexity index is 2580. The molecule has 1 aliphatic heterocycles. The van der Waals surface area contributed by atoms with E-state index in [1.165, 1.54) is 20.6 Å². The van der Waals surface area contributed by atoms with Gasteiger partial charge in [-0.15, -0.1) is 12.8 Å². The van der Waals surface area contributed by atoms with Gasteiger partial charge in [0, 0.05) is 18.0 Å². The standard InChI is InChI=1S/C45H48N8O6.C3H8.C2H2/c1-5-21-52(38(54)25-47-43(56)58-3)26-37-46-24-36(48-37)28-13-11-27(12-14-28)30-15-19-34-31(22-30)16-20-35-40(34)50-42(49-35)45(2)32-17-18-33(23-32)53(45)41(55)39(51-44(57)59-4)29-9-7-6-8-10-29;1-3-2;1-2/h6-16,19-20,22,24,32-33,39H,5,17-18,21,23,25-26H2,1-4H3,(H,46,48)(H,47,56)(H,49,50)(H,51,57);3H2,1-2H3;1-2H/t32-,33+,39+,45-;;/m0../s1. The lowest BCUT2D eigenvalue weighted by molar-refractivity contribution is -0.143. The zero-order valence-electron chi connectivity index (χ0n) is 37.4. The average molecular weight is 867 g/mol. The van der Waals surface area contributed by atoms with Crippen LogP contribution in [0.5, 0.6) is 0 Å². The van der Waals surface area contributed by atoms with Gasteiger partial charge in [0.25, 0.3) is 5.91 Å². The molecule has 4 aromatic carbocycles. The number of piperidine rings is 1. The van der Waals surface area contributed by atoms with Crippen LogP contribution in [-0.2, 0) is 31.1 Å². The third-order valence-corrected chi connectivity index (χ3v) is 12.0. The molecule has 4 atom stereocenters. The van der Waals surface area contributed by atoms with Crippen LogP contribution in [0.3, 0.4) is 0 Å². The summed E-state index contributed by atoms with van der Waals surface area (Å²) in [5.74, 6) is 1.20. The van der Waals surface area contributed by atoms with Crippen LogP contribution in [-0.4, -0.2) is 87.1 Å². The van der Waals surface area contributed by atoms with E-state index in [2.05, 4.69) is 106 Å². The summed E-state index contributed by atoms with van der Waals surface area (Å²) in [6.07, 6.45) is 13.2. The van der Waals surface area contributed by atoms with Gasteiger partial charge in [-0.2, -0.15) is 0 Å². The molecule has 1 saturated heterocycles. The van der Waals surface area contributed by atoms with Crippen LogP contribution in [0.4, 0.5) is 9.59 Å². The summed E-state index contributed by atoms with van der Waals surface area (Å²) in [4.78, 5) is 71.7. The molecule has 334 valence electrons. The van der Waals surface area contributed by atoms with Gasteiger partial charge in [-0.3, -0.25) is 9.59 Å². The van der Waals surface area contributed by atoms with Gasteiger partial charge in [-0.05, 0) is 78.3 Å². The highest BCUT2D eigenvalue weighted by molar-refractivity contribution is 6.05. The summed E-state index contributed by atoms with van der Waals surface area (Å²) in [7, 11) is 2.56. The van der Waals surface area contributed by atoms with Crippen LogP contribution >= 0.6 is 0 Å². The van der Waals surface area contributed by atoms with Gasteiger partial charge in [0.1, 0.15) is 29.8 Å². The monoisotopic (exact) mass is 866 g/mol. The number of aromatic amines is 2. The van der Waals surface area contributed by atoms with Gasteiger partial charge in [0.05, 0.1) is 43.7 Å². The Labute approximate surface area is 374 Å². The molecule has 14 heteroatoms. The van der Waals surface area contributed by atoms with Crippen LogP contribution in [0.1, 0.15) is 83.1 Å². The molecule has 1 saturated carbocycles. The number of hydrogen-bond donors (Lipinski definition) is 4. The molecule has 64 heavy (non-hydrogen) atoms. The first kappa shape index (κ1) is 46.4. The molecule has 0 unspecified atom stereocenters. The highest BCUT2D eigenvalue weighted by atomic mass is 16.5. The van der Waals surface area contributed by atoms with E-state index in [-0.39, 0.29) is 36.9 Å². The van der Waals surface area contributed by atoms with E-state index in [9.17, 15) is 19.2 Å². The topological polar surface area (TPSA) is 175 Å². The lowest BCUT2D eigenvalue weighted by Gasteiger charge is -2.44. The molecule has 4 N–H and O–H groups in total. The molecule has 0 radical (unpaired) electrons. The summed E-state index contributed by atoms with van der Waals surface area (Å²) in [5.41, 5.74) is 5.62. The van der Waals surface area contributed by atoms with Gasteiger partial charge in [0.15, 0.2) is 0 Å². The first-order valence-corrected chi connectivity index (χ1v) is 21.8. The van der Waals surface area contributed by atoms with Crippen LogP contribution in [0.15, 0.2) is 91.1 Å². The Morgan fingerprint density at radius 1 is 0.891 bits per heavy atom. The number of nitrogens with one attached hydrogen (secondary N) is 4. The van der Waals surface area contributed by atoms with E-state index in [0.29, 0.717) is 17.9 Å². The number of carbonyl (C=O) groups is 4. The molecule has 3 heterocycles. The minimum atomic E-state index is -0.903. The minimum Gasteiger partial charge on any atom is -0.453 e. The normalized spacial score (nSPS) is 17.7. The van der Waals surface area contributed by atoms with Crippen molar-refractivity contribution in [3.05, 3.63) is 108 Å². The van der Waals surface area contributed by atoms with E-state index >= 15 is 0 Å². The fourth-order valence-corrected chi connectivity index (χ4v) is 8.97. The number of carbonyl (C=O) groups excluding carboxylic acids is 4. The van der Waals surface area contributed by atoms with Gasteiger partial charge in [0.2, 0.25) is 5.91 Å². The fourth-order valence-electron chi connectivity index (χ4n) is 8.97. The Morgan fingerprint density at radius 3 is 2.27 bits per heavy atom. The summed E-state index contributed by atoms with van der Waals surface area (Å²) in [6, 6.07) is 27.2. The molecule has 2 aromatic heterocycles. The molecule has 0 spiro atoms. The Kier molecular flexibility index (Phi) is 15.1. The number of alkyl carbamates (subject to hydrolysis) is 2. The maximum atomic E-state index is 14.6. The second-order valence-corrected chi connectivity index (χ2v) is 16.2. The van der Waals surface area contributed by atoms with E-state index in [1.54, 1.807) is 11.1 Å². The maximum absolute atomic E-state index is 14.6. The summed E-state index contributed by atoms with van der Waals surface area (Å²) in [6.45, 7) is 9.01. The second kappa shape index (κ2) is 20.8. The molecule has 2 fully saturated rings. The van der Waals surface area contributed by atoms with Gasteiger partial charge in [-0.25, -0.2) is 19.6 Å². The Balaban J connectivity index is 0.00000131. The number of H-pyrrole nitrogens is 2. The van der Waals surface area contributed by atoms with Gasteiger partial charge < -0.3 is 39.9 Å². The van der Waals surface area contributed by atoms with Crippen molar-refractivity contribution in [2.24, 2.45) is 5.92 Å². The number of methoxy groups -OCH3 is 2. The van der Waals surface area contributed by atoms with Crippen LogP contribution in [0.25, 0.3) is 44.2 Å². The minimum absolute atomic E-state index is 0.0346. The van der Waals surface area contributed by atoms with Gasteiger partial charge in [-0.1, -0.05) is 100.0 Å². The first-order chi connectivity index (χ1) is 31.0. The van der Waals surface area contributed by atoms with Crippen molar-refractivity contribution >= 4 is 45.8 Å². The lowest BCUT2D eigenvalue weighted by Crippen LogP contribution is -2.55. The van der Waals surface area contributed by atoms with E-state index in [0.717, 1.165) is 75.7 Å². The fraction of sp³-hybridized carbons (Fsp3) is 0.360. The number of ether oxygens (including phenoxy) is 2. The molecule has 8 rings (SSSR count). The second-order valence-electron chi connectivity index (χ2n) is 16.2. The predicted molar refractivity (Wildman–Crippen MR) is 249 cm³/mol. The summed E-state index contributed by atoms with van der Waals surface area (Å²) >= 11 is 0. The number of nitrogens with zero attached hydrogens (tertiary/aromatic N) is 4. The summed E-state index contributed by atoms with van der Waals surface area (Å²) < 4.78 is 9.51. The van der Waals surface area contributed by atoms with Crippen molar-refractivity contribution in [1.82, 2.24) is 40.4 Å². The number of likely N-dealkylation sites (tertiary alicyclic amines) is 1. The Morgan fingerprint density at radius 2 is 1.58 bits per heavy atom. The molecule has 2 aliphatic rings.